The summed E-state index contributed by atoms with van der Waals surface area (Å²) in [5, 5.41) is 4.48. The minimum atomic E-state index is 0.549. The number of nitrogens with zero attached hydrogens (tertiary/aromatic N) is 2. The van der Waals surface area contributed by atoms with Crippen molar-refractivity contribution < 1.29 is 4.52 Å². The largest absolute Gasteiger partial charge is 0.339 e. The van der Waals surface area contributed by atoms with Crippen LogP contribution < -0.4 is 0 Å². The maximum atomic E-state index is 5.99. The Kier molecular flexibility index (Phi) is 4.99. The Balaban J connectivity index is 0.000000606. The van der Waals surface area contributed by atoms with E-state index in [1.165, 1.54) is 0 Å². The van der Waals surface area contributed by atoms with E-state index in [-0.39, 0.29) is 0 Å². The highest BCUT2D eigenvalue weighted by Crippen LogP contribution is 2.24. The molecule has 3 nitrogen and oxygen atoms in total. The molecule has 86 valence electrons. The van der Waals surface area contributed by atoms with Gasteiger partial charge in [-0.3, -0.25) is 0 Å². The summed E-state index contributed by atoms with van der Waals surface area (Å²) in [6.45, 7) is 5.96. The SMILES string of the molecule is CC.CCc1nc(-c2ccccc2Cl)no1. The molecule has 0 saturated carbocycles. The molecule has 0 bridgehead atoms. The van der Waals surface area contributed by atoms with Crippen molar-refractivity contribution in [2.45, 2.75) is 27.2 Å². The van der Waals surface area contributed by atoms with Crippen molar-refractivity contribution in [1.82, 2.24) is 10.1 Å². The lowest BCUT2D eigenvalue weighted by Crippen LogP contribution is -1.82. The smallest absolute Gasteiger partial charge is 0.226 e. The first-order valence-corrected chi connectivity index (χ1v) is 5.76. The first kappa shape index (κ1) is 12.7. The first-order chi connectivity index (χ1) is 7.81. The molecule has 2 rings (SSSR count). The molecule has 1 aromatic carbocycles. The van der Waals surface area contributed by atoms with Crippen LogP contribution in [0.15, 0.2) is 28.8 Å². The van der Waals surface area contributed by atoms with Crippen LogP contribution in [0.3, 0.4) is 0 Å². The molecule has 0 aliphatic carbocycles. The van der Waals surface area contributed by atoms with E-state index >= 15 is 0 Å². The molecule has 2 aromatic rings. The quantitative estimate of drug-likeness (QED) is 0.795. The lowest BCUT2D eigenvalue weighted by molar-refractivity contribution is 0.383. The van der Waals surface area contributed by atoms with Crippen LogP contribution in [0.25, 0.3) is 11.4 Å². The van der Waals surface area contributed by atoms with Gasteiger partial charge in [-0.2, -0.15) is 4.98 Å². The predicted octanol–water partition coefficient (Wildman–Crippen LogP) is 3.98. The van der Waals surface area contributed by atoms with Gasteiger partial charge in [-0.05, 0) is 12.1 Å². The Morgan fingerprint density at radius 3 is 2.50 bits per heavy atom. The molecule has 0 amide bonds. The van der Waals surface area contributed by atoms with Gasteiger partial charge in [-0.1, -0.05) is 49.7 Å². The average molecular weight is 239 g/mol. The van der Waals surface area contributed by atoms with Crippen LogP contribution in [-0.2, 0) is 6.42 Å². The van der Waals surface area contributed by atoms with Gasteiger partial charge in [0.2, 0.25) is 11.7 Å². The van der Waals surface area contributed by atoms with Gasteiger partial charge in [0.05, 0.1) is 5.02 Å². The third-order valence-corrected chi connectivity index (χ3v) is 2.21. The molecule has 0 spiro atoms. The number of rotatable bonds is 2. The predicted molar refractivity (Wildman–Crippen MR) is 65.5 cm³/mol. The average Bonchev–Trinajstić information content (AvgIpc) is 2.81. The van der Waals surface area contributed by atoms with Gasteiger partial charge < -0.3 is 4.52 Å². The van der Waals surface area contributed by atoms with Crippen molar-refractivity contribution in [1.29, 1.82) is 0 Å². The van der Waals surface area contributed by atoms with Crippen LogP contribution in [0.2, 0.25) is 5.02 Å². The summed E-state index contributed by atoms with van der Waals surface area (Å²) in [5.74, 6) is 1.17. The molecule has 0 N–H and O–H groups in total. The second-order valence-corrected chi connectivity index (χ2v) is 3.25. The van der Waals surface area contributed by atoms with Gasteiger partial charge in [-0.25, -0.2) is 0 Å². The van der Waals surface area contributed by atoms with E-state index in [9.17, 15) is 0 Å². The Morgan fingerprint density at radius 2 is 1.94 bits per heavy atom. The Morgan fingerprint density at radius 1 is 1.25 bits per heavy atom. The molecule has 0 aliphatic rings. The highest BCUT2D eigenvalue weighted by Gasteiger charge is 2.09. The van der Waals surface area contributed by atoms with Crippen LogP contribution >= 0.6 is 11.6 Å². The molecular weight excluding hydrogens is 224 g/mol. The van der Waals surface area contributed by atoms with Gasteiger partial charge in [0.1, 0.15) is 0 Å². The van der Waals surface area contributed by atoms with Crippen molar-refractivity contribution in [3.05, 3.63) is 35.2 Å². The first-order valence-electron chi connectivity index (χ1n) is 5.38. The van der Waals surface area contributed by atoms with Crippen LogP contribution in [0.4, 0.5) is 0 Å². The van der Waals surface area contributed by atoms with Gasteiger partial charge in [0, 0.05) is 12.0 Å². The van der Waals surface area contributed by atoms with Crippen molar-refractivity contribution in [2.24, 2.45) is 0 Å². The zero-order valence-corrected chi connectivity index (χ0v) is 10.5. The van der Waals surface area contributed by atoms with Crippen molar-refractivity contribution in [2.75, 3.05) is 0 Å². The third-order valence-electron chi connectivity index (χ3n) is 1.89. The Labute approximate surface area is 100 Å². The topological polar surface area (TPSA) is 38.9 Å². The van der Waals surface area contributed by atoms with Crippen molar-refractivity contribution in [3.63, 3.8) is 0 Å². The molecule has 0 fully saturated rings. The number of halogens is 1. The third kappa shape index (κ3) is 2.83. The Hall–Kier alpha value is -1.35. The molecule has 16 heavy (non-hydrogen) atoms. The molecule has 0 radical (unpaired) electrons. The zero-order valence-electron chi connectivity index (χ0n) is 9.70. The standard InChI is InChI=1S/C10H9ClN2O.C2H6/c1-2-9-12-10(13-14-9)7-5-3-4-6-8(7)11;1-2/h3-6H,2H2,1H3;1-2H3. The van der Waals surface area contributed by atoms with Crippen LogP contribution in [0.5, 0.6) is 0 Å². The van der Waals surface area contributed by atoms with Gasteiger partial charge in [0.25, 0.3) is 0 Å². The van der Waals surface area contributed by atoms with E-state index in [0.717, 1.165) is 12.0 Å². The summed E-state index contributed by atoms with van der Waals surface area (Å²) in [5.41, 5.74) is 0.803. The van der Waals surface area contributed by atoms with Gasteiger partial charge >= 0.3 is 0 Å². The van der Waals surface area contributed by atoms with Gasteiger partial charge in [0.15, 0.2) is 0 Å². The zero-order chi connectivity index (χ0) is 12.0. The summed E-state index contributed by atoms with van der Waals surface area (Å²) < 4.78 is 5.00. The van der Waals surface area contributed by atoms with Crippen molar-refractivity contribution >= 4 is 11.6 Å². The number of hydrogen-bond donors (Lipinski definition) is 0. The second kappa shape index (κ2) is 6.28. The van der Waals surface area contributed by atoms with Crippen LogP contribution in [0, 0.1) is 0 Å². The highest BCUT2D eigenvalue weighted by molar-refractivity contribution is 6.33. The van der Waals surface area contributed by atoms with Crippen LogP contribution in [-0.4, -0.2) is 10.1 Å². The fraction of sp³-hybridized carbons (Fsp3) is 0.333. The Bertz CT molecular complexity index is 440. The molecule has 0 atom stereocenters. The van der Waals surface area contributed by atoms with E-state index in [2.05, 4.69) is 10.1 Å². The number of aryl methyl sites for hydroxylation is 1. The minimum absolute atomic E-state index is 0.549. The normalized spacial score (nSPS) is 9.50. The molecule has 0 unspecified atom stereocenters. The summed E-state index contributed by atoms with van der Waals surface area (Å²) in [7, 11) is 0. The minimum Gasteiger partial charge on any atom is -0.339 e. The van der Waals surface area contributed by atoms with E-state index in [1.807, 2.05) is 39.0 Å². The van der Waals surface area contributed by atoms with Crippen molar-refractivity contribution in [3.8, 4) is 11.4 Å². The summed E-state index contributed by atoms with van der Waals surface area (Å²) in [6.07, 6.45) is 0.734. The highest BCUT2D eigenvalue weighted by atomic mass is 35.5. The maximum absolute atomic E-state index is 5.99. The molecular formula is C12H15ClN2O. The lowest BCUT2D eigenvalue weighted by Gasteiger charge is -1.95. The number of aromatic nitrogens is 2. The second-order valence-electron chi connectivity index (χ2n) is 2.85. The molecule has 0 saturated heterocycles. The lowest BCUT2D eigenvalue weighted by atomic mass is 10.2. The van der Waals surface area contributed by atoms with Crippen LogP contribution in [0.1, 0.15) is 26.7 Å². The van der Waals surface area contributed by atoms with Gasteiger partial charge in [-0.15, -0.1) is 0 Å². The fourth-order valence-corrected chi connectivity index (χ4v) is 1.37. The fourth-order valence-electron chi connectivity index (χ4n) is 1.15. The monoisotopic (exact) mass is 238 g/mol. The summed E-state index contributed by atoms with van der Waals surface area (Å²) in [6, 6.07) is 7.43. The van der Waals surface area contributed by atoms with E-state index in [4.69, 9.17) is 16.1 Å². The molecule has 4 heteroatoms. The number of benzene rings is 1. The summed E-state index contributed by atoms with van der Waals surface area (Å²) in [4.78, 5) is 4.20. The summed E-state index contributed by atoms with van der Waals surface area (Å²) >= 11 is 5.99. The van der Waals surface area contributed by atoms with E-state index < -0.39 is 0 Å². The van der Waals surface area contributed by atoms with E-state index in [1.54, 1.807) is 6.07 Å². The molecule has 0 aliphatic heterocycles. The maximum Gasteiger partial charge on any atom is 0.226 e. The number of hydrogen-bond acceptors (Lipinski definition) is 3. The molecule has 1 heterocycles. The van der Waals surface area contributed by atoms with E-state index in [0.29, 0.717) is 16.7 Å². The molecule has 1 aromatic heterocycles.